The molecule has 0 heterocycles. The monoisotopic (exact) mass is 568 g/mol. The average Bonchev–Trinajstić information content (AvgIpc) is 2.87. The van der Waals surface area contributed by atoms with Gasteiger partial charge in [0.2, 0.25) is 0 Å². The van der Waals surface area contributed by atoms with Crippen molar-refractivity contribution in [2.24, 2.45) is 0 Å². The summed E-state index contributed by atoms with van der Waals surface area (Å²) < 4.78 is 72.9. The maximum atomic E-state index is 11.9. The molecule has 0 fully saturated rings. The van der Waals surface area contributed by atoms with Gasteiger partial charge in [-0.2, -0.15) is 8.78 Å². The Morgan fingerprint density at radius 3 is 1.27 bits per heavy atom. The number of benzene rings is 3. The maximum Gasteiger partial charge on any atom is 0.573 e. The van der Waals surface area contributed by atoms with Gasteiger partial charge < -0.3 is 14.2 Å². The van der Waals surface area contributed by atoms with E-state index < -0.39 is 13.0 Å². The van der Waals surface area contributed by atoms with Crippen molar-refractivity contribution < 1.29 is 36.2 Å². The van der Waals surface area contributed by atoms with E-state index in [1.807, 2.05) is 47.6 Å². The van der Waals surface area contributed by atoms with Gasteiger partial charge in [-0.15, -0.1) is 13.2 Å². The Kier molecular flexibility index (Phi) is 14.5. The molecule has 0 aromatic heterocycles. The summed E-state index contributed by atoms with van der Waals surface area (Å²) >= 11 is 0. The molecule has 0 aliphatic rings. The summed E-state index contributed by atoms with van der Waals surface area (Å²) in [6.07, 6.45) is -1.76. The first-order valence-electron chi connectivity index (χ1n) is 13.3. The third-order valence-corrected chi connectivity index (χ3v) is 5.94. The number of hydrogen-bond acceptors (Lipinski definition) is 3. The van der Waals surface area contributed by atoms with Crippen molar-refractivity contribution in [3.05, 3.63) is 88.0 Å². The molecule has 40 heavy (non-hydrogen) atoms. The summed E-state index contributed by atoms with van der Waals surface area (Å²) in [5.41, 5.74) is 6.70. The van der Waals surface area contributed by atoms with Crippen molar-refractivity contribution >= 4 is 0 Å². The molecule has 8 heteroatoms. The zero-order valence-corrected chi connectivity index (χ0v) is 24.6. The van der Waals surface area contributed by atoms with Crippen LogP contribution in [0.4, 0.5) is 22.0 Å². The van der Waals surface area contributed by atoms with Crippen LogP contribution in [0.25, 0.3) is 0 Å². The Morgan fingerprint density at radius 2 is 0.950 bits per heavy atom. The van der Waals surface area contributed by atoms with Crippen LogP contribution in [0.5, 0.6) is 17.2 Å². The Bertz CT molecular complexity index is 1110. The van der Waals surface area contributed by atoms with Crippen LogP contribution in [0, 0.1) is 20.8 Å². The summed E-state index contributed by atoms with van der Waals surface area (Å²) in [7, 11) is 0. The van der Waals surface area contributed by atoms with Gasteiger partial charge in [0.05, 0.1) is 6.10 Å². The minimum Gasteiger partial charge on any atom is -0.491 e. The van der Waals surface area contributed by atoms with Gasteiger partial charge in [0, 0.05) is 0 Å². The zero-order valence-electron chi connectivity index (χ0n) is 24.6. The van der Waals surface area contributed by atoms with Gasteiger partial charge in [0.15, 0.2) is 0 Å². The molecule has 0 radical (unpaired) electrons. The summed E-state index contributed by atoms with van der Waals surface area (Å²) in [6.45, 7) is 13.3. The molecule has 0 saturated carbocycles. The Labute approximate surface area is 235 Å². The molecule has 0 spiro atoms. The third kappa shape index (κ3) is 13.2. The van der Waals surface area contributed by atoms with E-state index in [-0.39, 0.29) is 17.6 Å². The lowest BCUT2D eigenvalue weighted by Gasteiger charge is -2.11. The van der Waals surface area contributed by atoms with Crippen LogP contribution in [-0.2, 0) is 19.3 Å². The maximum absolute atomic E-state index is 11.9. The van der Waals surface area contributed by atoms with Gasteiger partial charge in [-0.3, -0.25) is 0 Å². The van der Waals surface area contributed by atoms with Crippen molar-refractivity contribution in [3.8, 4) is 17.2 Å². The first-order chi connectivity index (χ1) is 18.7. The van der Waals surface area contributed by atoms with Crippen LogP contribution in [0.2, 0.25) is 0 Å². The summed E-state index contributed by atoms with van der Waals surface area (Å²) in [6, 6.07) is 15.7. The second-order valence-corrected chi connectivity index (χ2v) is 9.42. The Balaban J connectivity index is 0.000000300. The number of hydrogen-bond donors (Lipinski definition) is 0. The van der Waals surface area contributed by atoms with Gasteiger partial charge in [-0.25, -0.2) is 0 Å². The lowest BCUT2D eigenvalue weighted by Crippen LogP contribution is -2.17. The average molecular weight is 569 g/mol. The van der Waals surface area contributed by atoms with Crippen molar-refractivity contribution in [3.63, 3.8) is 0 Å². The standard InChI is InChI=1S/C12H18O.C10H11F3O.C10H12F2O/c1-5-11-8-12(13-9(2)3)7-6-10(11)4;1-3-8-6-9(5-4-7(8)2)14-10(11,12)13;1-3-8-6-9(13-10(11)12)5-4-7(8)2/h6-9H,5H2,1-4H3;4-6H,3H2,1-2H3;4-6,10H,3H2,1-2H3. The molecule has 0 aliphatic carbocycles. The summed E-state index contributed by atoms with van der Waals surface area (Å²) in [5.74, 6) is 1.06. The fourth-order valence-electron chi connectivity index (χ4n) is 3.80. The van der Waals surface area contributed by atoms with Crippen molar-refractivity contribution in [1.29, 1.82) is 0 Å². The zero-order chi connectivity index (χ0) is 30.5. The molecule has 0 bridgehead atoms. The van der Waals surface area contributed by atoms with Crippen LogP contribution in [0.3, 0.4) is 0 Å². The molecular weight excluding hydrogens is 527 g/mol. The van der Waals surface area contributed by atoms with E-state index in [9.17, 15) is 22.0 Å². The normalized spacial score (nSPS) is 10.9. The first kappa shape index (κ1) is 34.7. The van der Waals surface area contributed by atoms with Crippen LogP contribution in [-0.4, -0.2) is 19.1 Å². The number of ether oxygens (including phenoxy) is 3. The van der Waals surface area contributed by atoms with E-state index in [1.54, 1.807) is 24.3 Å². The quantitative estimate of drug-likeness (QED) is 0.253. The topological polar surface area (TPSA) is 27.7 Å². The Morgan fingerprint density at radius 1 is 0.600 bits per heavy atom. The van der Waals surface area contributed by atoms with Crippen molar-refractivity contribution in [2.45, 2.75) is 93.7 Å². The predicted molar refractivity (Wildman–Crippen MR) is 151 cm³/mol. The van der Waals surface area contributed by atoms with E-state index in [1.165, 1.54) is 23.3 Å². The molecule has 3 nitrogen and oxygen atoms in total. The van der Waals surface area contributed by atoms with Gasteiger partial charge in [-0.1, -0.05) is 39.0 Å². The van der Waals surface area contributed by atoms with E-state index in [0.29, 0.717) is 6.42 Å². The van der Waals surface area contributed by atoms with E-state index in [4.69, 9.17) is 4.74 Å². The van der Waals surface area contributed by atoms with Crippen LogP contribution in [0.15, 0.2) is 54.6 Å². The number of halogens is 5. The van der Waals surface area contributed by atoms with Gasteiger partial charge in [-0.05, 0) is 124 Å². The highest BCUT2D eigenvalue weighted by molar-refractivity contribution is 5.36. The van der Waals surface area contributed by atoms with Crippen LogP contribution < -0.4 is 14.2 Å². The number of alkyl halides is 5. The largest absolute Gasteiger partial charge is 0.573 e. The Hall–Kier alpha value is -3.29. The summed E-state index contributed by atoms with van der Waals surface area (Å²) in [4.78, 5) is 0. The molecular formula is C32H41F5O3. The molecule has 0 saturated heterocycles. The first-order valence-corrected chi connectivity index (χ1v) is 13.3. The highest BCUT2D eigenvalue weighted by atomic mass is 19.4. The molecule has 0 aliphatic heterocycles. The second kappa shape index (κ2) is 16.7. The SMILES string of the molecule is CCc1cc(OC(C)C)ccc1C.CCc1cc(OC(F)(F)F)ccc1C.CCc1cc(OC(F)F)ccc1C. The molecule has 0 amide bonds. The van der Waals surface area contributed by atoms with Crippen LogP contribution >= 0.6 is 0 Å². The van der Waals surface area contributed by atoms with Crippen molar-refractivity contribution in [2.75, 3.05) is 0 Å². The van der Waals surface area contributed by atoms with E-state index in [0.717, 1.165) is 40.8 Å². The number of rotatable bonds is 8. The molecule has 3 aromatic rings. The third-order valence-electron chi connectivity index (χ3n) is 5.94. The molecule has 3 rings (SSSR count). The lowest BCUT2D eigenvalue weighted by molar-refractivity contribution is -0.274. The summed E-state index contributed by atoms with van der Waals surface area (Å²) in [5, 5.41) is 0. The van der Waals surface area contributed by atoms with Gasteiger partial charge in [0.1, 0.15) is 17.2 Å². The van der Waals surface area contributed by atoms with Crippen LogP contribution in [0.1, 0.15) is 68.0 Å². The highest BCUT2D eigenvalue weighted by Crippen LogP contribution is 2.25. The second-order valence-electron chi connectivity index (χ2n) is 9.42. The molecule has 0 atom stereocenters. The smallest absolute Gasteiger partial charge is 0.491 e. The fraction of sp³-hybridized carbons (Fsp3) is 0.438. The van der Waals surface area contributed by atoms with Gasteiger partial charge >= 0.3 is 13.0 Å². The van der Waals surface area contributed by atoms with E-state index in [2.05, 4.69) is 35.5 Å². The molecule has 3 aromatic carbocycles. The fourth-order valence-corrected chi connectivity index (χ4v) is 3.80. The molecule has 0 unspecified atom stereocenters. The lowest BCUT2D eigenvalue weighted by atomic mass is 10.1. The predicted octanol–water partition coefficient (Wildman–Crippen LogP) is 9.96. The minimum absolute atomic E-state index is 0.153. The minimum atomic E-state index is -4.61. The van der Waals surface area contributed by atoms with E-state index >= 15 is 0 Å². The van der Waals surface area contributed by atoms with Gasteiger partial charge in [0.25, 0.3) is 0 Å². The molecule has 222 valence electrons. The van der Waals surface area contributed by atoms with Crippen molar-refractivity contribution in [1.82, 2.24) is 0 Å². The highest BCUT2D eigenvalue weighted by Gasteiger charge is 2.31. The molecule has 0 N–H and O–H groups in total. The number of aryl methyl sites for hydroxylation is 6.